The zero-order chi connectivity index (χ0) is 14.4. The summed E-state index contributed by atoms with van der Waals surface area (Å²) in [6, 6.07) is 0. The summed E-state index contributed by atoms with van der Waals surface area (Å²) in [6.45, 7) is 1.56. The SMILES string of the molecule is Cc1nsc(N2C(=O)C3CC=CCC3C2=O)c1C(=O)O. The van der Waals surface area contributed by atoms with Crippen LogP contribution in [-0.2, 0) is 9.59 Å². The van der Waals surface area contributed by atoms with Crippen molar-refractivity contribution in [2.75, 3.05) is 4.90 Å². The number of carbonyl (C=O) groups excluding carboxylic acids is 2. The van der Waals surface area contributed by atoms with E-state index in [1.54, 1.807) is 6.92 Å². The molecule has 1 aromatic rings. The summed E-state index contributed by atoms with van der Waals surface area (Å²) < 4.78 is 3.97. The van der Waals surface area contributed by atoms with E-state index in [2.05, 4.69) is 4.37 Å². The molecule has 0 bridgehead atoms. The fourth-order valence-corrected chi connectivity index (χ4v) is 3.66. The van der Waals surface area contributed by atoms with Crippen molar-refractivity contribution < 1.29 is 19.5 Å². The number of aromatic carboxylic acids is 1. The van der Waals surface area contributed by atoms with E-state index >= 15 is 0 Å². The second-order valence-corrected chi connectivity index (χ2v) is 5.67. The highest BCUT2D eigenvalue weighted by atomic mass is 32.1. The highest BCUT2D eigenvalue weighted by molar-refractivity contribution is 7.11. The van der Waals surface area contributed by atoms with Crippen molar-refractivity contribution in [3.63, 3.8) is 0 Å². The number of rotatable bonds is 2. The van der Waals surface area contributed by atoms with Gasteiger partial charge in [0.25, 0.3) is 0 Å². The zero-order valence-electron chi connectivity index (χ0n) is 10.7. The van der Waals surface area contributed by atoms with Gasteiger partial charge in [0.05, 0.1) is 17.5 Å². The largest absolute Gasteiger partial charge is 0.478 e. The lowest BCUT2D eigenvalue weighted by molar-refractivity contribution is -0.122. The summed E-state index contributed by atoms with van der Waals surface area (Å²) in [6.07, 6.45) is 4.86. The summed E-state index contributed by atoms with van der Waals surface area (Å²) in [5.74, 6) is -2.51. The molecule has 104 valence electrons. The van der Waals surface area contributed by atoms with Crippen molar-refractivity contribution in [1.82, 2.24) is 4.37 Å². The van der Waals surface area contributed by atoms with Crippen LogP contribution in [0.2, 0.25) is 0 Å². The van der Waals surface area contributed by atoms with E-state index in [-0.39, 0.29) is 34.2 Å². The molecule has 7 heteroatoms. The molecule has 2 unspecified atom stereocenters. The first-order valence-corrected chi connectivity index (χ1v) is 7.02. The molecule has 2 aliphatic rings. The molecule has 1 aromatic heterocycles. The van der Waals surface area contributed by atoms with Gasteiger partial charge >= 0.3 is 5.97 Å². The van der Waals surface area contributed by atoms with E-state index in [0.29, 0.717) is 18.5 Å². The Morgan fingerprint density at radius 1 is 1.30 bits per heavy atom. The second kappa shape index (κ2) is 4.52. The molecule has 1 aliphatic carbocycles. The van der Waals surface area contributed by atoms with Crippen LogP contribution in [0.25, 0.3) is 0 Å². The van der Waals surface area contributed by atoms with Gasteiger partial charge in [-0.15, -0.1) is 0 Å². The molecule has 1 fully saturated rings. The van der Waals surface area contributed by atoms with Crippen molar-refractivity contribution >= 4 is 34.3 Å². The zero-order valence-corrected chi connectivity index (χ0v) is 11.5. The first-order valence-electron chi connectivity index (χ1n) is 6.24. The number of aromatic nitrogens is 1. The number of anilines is 1. The molecular weight excluding hydrogens is 280 g/mol. The van der Waals surface area contributed by atoms with Crippen LogP contribution in [0.1, 0.15) is 28.9 Å². The number of nitrogens with zero attached hydrogens (tertiary/aromatic N) is 2. The third kappa shape index (κ3) is 1.70. The molecule has 2 heterocycles. The van der Waals surface area contributed by atoms with Gasteiger partial charge in [0, 0.05) is 0 Å². The number of hydrogen-bond donors (Lipinski definition) is 1. The Kier molecular flexibility index (Phi) is 2.93. The first-order chi connectivity index (χ1) is 9.52. The molecule has 0 saturated carbocycles. The van der Waals surface area contributed by atoms with Gasteiger partial charge in [-0.25, -0.2) is 9.69 Å². The number of carbonyl (C=O) groups is 3. The minimum atomic E-state index is -1.17. The van der Waals surface area contributed by atoms with E-state index in [9.17, 15) is 19.5 Å². The van der Waals surface area contributed by atoms with Gasteiger partial charge in [0.15, 0.2) is 0 Å². The Bertz CT molecular complexity index is 623. The van der Waals surface area contributed by atoms with Crippen molar-refractivity contribution in [3.05, 3.63) is 23.4 Å². The molecule has 0 aromatic carbocycles. The average molecular weight is 292 g/mol. The molecule has 0 spiro atoms. The lowest BCUT2D eigenvalue weighted by Crippen LogP contribution is -2.31. The number of fused-ring (bicyclic) bond motifs is 1. The number of hydrogen-bond acceptors (Lipinski definition) is 5. The third-order valence-corrected chi connectivity index (χ3v) is 4.69. The first kappa shape index (κ1) is 13.0. The third-order valence-electron chi connectivity index (χ3n) is 3.77. The number of allylic oxidation sites excluding steroid dienone is 2. The van der Waals surface area contributed by atoms with Crippen molar-refractivity contribution in [2.45, 2.75) is 19.8 Å². The predicted molar refractivity (Wildman–Crippen MR) is 71.7 cm³/mol. The maximum absolute atomic E-state index is 12.4. The van der Waals surface area contributed by atoms with Crippen LogP contribution in [0, 0.1) is 18.8 Å². The van der Waals surface area contributed by atoms with E-state index in [4.69, 9.17) is 0 Å². The van der Waals surface area contributed by atoms with Crippen LogP contribution < -0.4 is 4.90 Å². The molecule has 3 rings (SSSR count). The summed E-state index contributed by atoms with van der Waals surface area (Å²) in [5.41, 5.74) is 0.273. The highest BCUT2D eigenvalue weighted by Crippen LogP contribution is 2.40. The average Bonchev–Trinajstić information content (AvgIpc) is 2.90. The predicted octanol–water partition coefficient (Wildman–Crippen LogP) is 1.61. The number of amides is 2. The van der Waals surface area contributed by atoms with Crippen LogP contribution >= 0.6 is 11.5 Å². The maximum Gasteiger partial charge on any atom is 0.340 e. The number of imide groups is 1. The Balaban J connectivity index is 2.06. The molecule has 1 aliphatic heterocycles. The van der Waals surface area contributed by atoms with Crippen LogP contribution in [0.15, 0.2) is 12.2 Å². The summed E-state index contributed by atoms with van der Waals surface area (Å²) in [4.78, 5) is 37.1. The topological polar surface area (TPSA) is 87.6 Å². The molecule has 20 heavy (non-hydrogen) atoms. The van der Waals surface area contributed by atoms with Gasteiger partial charge in [0.1, 0.15) is 10.6 Å². The number of carboxylic acids is 1. The minimum Gasteiger partial charge on any atom is -0.478 e. The molecular formula is C13H12N2O4S. The van der Waals surface area contributed by atoms with Gasteiger partial charge in [-0.2, -0.15) is 4.37 Å². The lowest BCUT2D eigenvalue weighted by atomic mass is 9.85. The molecule has 1 N–H and O–H groups in total. The molecule has 2 amide bonds. The minimum absolute atomic E-state index is 0.0525. The van der Waals surface area contributed by atoms with Crippen LogP contribution in [0.5, 0.6) is 0 Å². The summed E-state index contributed by atoms with van der Waals surface area (Å²) in [5, 5.41) is 9.37. The fourth-order valence-electron chi connectivity index (χ4n) is 2.76. The Labute approximate surface area is 118 Å². The van der Waals surface area contributed by atoms with E-state index < -0.39 is 5.97 Å². The molecule has 1 saturated heterocycles. The van der Waals surface area contributed by atoms with Crippen molar-refractivity contribution in [3.8, 4) is 0 Å². The summed E-state index contributed by atoms with van der Waals surface area (Å²) in [7, 11) is 0. The molecule has 6 nitrogen and oxygen atoms in total. The second-order valence-electron chi connectivity index (χ2n) is 4.92. The quantitative estimate of drug-likeness (QED) is 0.661. The Morgan fingerprint density at radius 2 is 1.85 bits per heavy atom. The van der Waals surface area contributed by atoms with Crippen molar-refractivity contribution in [1.29, 1.82) is 0 Å². The van der Waals surface area contributed by atoms with Gasteiger partial charge in [-0.05, 0) is 31.3 Å². The number of aryl methyl sites for hydroxylation is 1. The Hall–Kier alpha value is -2.02. The van der Waals surface area contributed by atoms with Crippen LogP contribution in [-0.4, -0.2) is 27.3 Å². The van der Waals surface area contributed by atoms with Crippen LogP contribution in [0.3, 0.4) is 0 Å². The van der Waals surface area contributed by atoms with Gasteiger partial charge in [0.2, 0.25) is 11.8 Å². The van der Waals surface area contributed by atoms with Gasteiger partial charge < -0.3 is 5.11 Å². The van der Waals surface area contributed by atoms with Gasteiger partial charge in [-0.1, -0.05) is 12.2 Å². The molecule has 2 atom stereocenters. The van der Waals surface area contributed by atoms with E-state index in [1.165, 1.54) is 0 Å². The van der Waals surface area contributed by atoms with E-state index in [1.807, 2.05) is 12.2 Å². The highest BCUT2D eigenvalue weighted by Gasteiger charge is 2.49. The standard InChI is InChI=1S/C13H12N2O4S/c1-6-9(13(18)19)12(20-14-6)15-10(16)7-4-2-3-5-8(7)11(15)17/h2-3,7-8H,4-5H2,1H3,(H,18,19). The van der Waals surface area contributed by atoms with Gasteiger partial charge in [-0.3, -0.25) is 9.59 Å². The monoisotopic (exact) mass is 292 g/mol. The smallest absolute Gasteiger partial charge is 0.340 e. The van der Waals surface area contributed by atoms with E-state index in [0.717, 1.165) is 16.4 Å². The lowest BCUT2D eigenvalue weighted by Gasteiger charge is -2.14. The van der Waals surface area contributed by atoms with Crippen LogP contribution in [0.4, 0.5) is 5.00 Å². The number of carboxylic acid groups (broad SMARTS) is 1. The van der Waals surface area contributed by atoms with Crippen molar-refractivity contribution in [2.24, 2.45) is 11.8 Å². The maximum atomic E-state index is 12.4. The molecule has 0 radical (unpaired) electrons. The Morgan fingerprint density at radius 3 is 2.35 bits per heavy atom. The normalized spacial score (nSPS) is 25.1. The summed E-state index contributed by atoms with van der Waals surface area (Å²) >= 11 is 0.888. The fraction of sp³-hybridized carbons (Fsp3) is 0.385.